The minimum Gasteiger partial charge on any atom is -0.462 e. The number of rotatable bonds is 1. The van der Waals surface area contributed by atoms with Gasteiger partial charge in [0.25, 0.3) is 0 Å². The molecule has 0 unspecified atom stereocenters. The number of esters is 1. The summed E-state index contributed by atoms with van der Waals surface area (Å²) in [6, 6.07) is 0. The van der Waals surface area contributed by atoms with Crippen molar-refractivity contribution in [2.24, 2.45) is 28.6 Å². The van der Waals surface area contributed by atoms with Crippen LogP contribution in [0.5, 0.6) is 0 Å². The lowest BCUT2D eigenvalue weighted by Gasteiger charge is -2.62. The van der Waals surface area contributed by atoms with Crippen LogP contribution in [0.1, 0.15) is 72.1 Å². The Morgan fingerprint density at radius 3 is 2.60 bits per heavy atom. The molecule has 5 aliphatic rings. The summed E-state index contributed by atoms with van der Waals surface area (Å²) in [4.78, 5) is 11.6. The molecule has 1 heterocycles. The van der Waals surface area contributed by atoms with Gasteiger partial charge in [-0.3, -0.25) is 4.79 Å². The first-order valence-corrected chi connectivity index (χ1v) is 10.3. The highest BCUT2D eigenvalue weighted by atomic mass is 16.6. The van der Waals surface area contributed by atoms with E-state index in [2.05, 4.69) is 13.8 Å². The van der Waals surface area contributed by atoms with Gasteiger partial charge in [-0.15, -0.1) is 0 Å². The van der Waals surface area contributed by atoms with Crippen molar-refractivity contribution in [1.82, 2.24) is 0 Å². The van der Waals surface area contributed by atoms with E-state index in [0.29, 0.717) is 23.9 Å². The molecule has 1 N–H and O–H groups in total. The highest BCUT2D eigenvalue weighted by molar-refractivity contribution is 5.66. The fourth-order valence-corrected chi connectivity index (χ4v) is 7.91. The predicted octanol–water partition coefficient (Wildman–Crippen LogP) is 3.45. The summed E-state index contributed by atoms with van der Waals surface area (Å²) in [5.41, 5.74) is -0.487. The number of aliphatic hydroxyl groups is 1. The minimum absolute atomic E-state index is 0.00552. The molecule has 0 amide bonds. The Bertz CT molecular complexity index is 605. The Morgan fingerprint density at radius 1 is 1.04 bits per heavy atom. The van der Waals surface area contributed by atoms with Crippen LogP contribution in [0.3, 0.4) is 0 Å². The van der Waals surface area contributed by atoms with E-state index in [4.69, 9.17) is 9.47 Å². The lowest BCUT2D eigenvalue weighted by molar-refractivity contribution is -0.206. The van der Waals surface area contributed by atoms with Crippen molar-refractivity contribution in [3.63, 3.8) is 0 Å². The molecule has 5 rings (SSSR count). The number of hydrogen-bond donors (Lipinski definition) is 1. The van der Waals surface area contributed by atoms with Crippen LogP contribution in [0, 0.1) is 28.6 Å². The van der Waals surface area contributed by atoms with Crippen molar-refractivity contribution in [3.8, 4) is 0 Å². The number of ether oxygens (including phenoxy) is 2. The van der Waals surface area contributed by atoms with Crippen LogP contribution in [0.15, 0.2) is 0 Å². The van der Waals surface area contributed by atoms with Crippen molar-refractivity contribution in [2.75, 3.05) is 0 Å². The third-order valence-corrected chi connectivity index (χ3v) is 9.33. The lowest BCUT2D eigenvalue weighted by atomic mass is 9.44. The smallest absolute Gasteiger partial charge is 0.302 e. The number of carbonyl (C=O) groups excluding carboxylic acids is 1. The summed E-state index contributed by atoms with van der Waals surface area (Å²) in [7, 11) is 0. The Morgan fingerprint density at radius 2 is 1.84 bits per heavy atom. The second kappa shape index (κ2) is 5.01. The minimum atomic E-state index is -0.612. The normalized spacial score (nSPS) is 59.2. The van der Waals surface area contributed by atoms with Crippen molar-refractivity contribution < 1.29 is 19.4 Å². The monoisotopic (exact) mass is 348 g/mol. The maximum Gasteiger partial charge on any atom is 0.302 e. The van der Waals surface area contributed by atoms with Crippen LogP contribution >= 0.6 is 0 Å². The summed E-state index contributed by atoms with van der Waals surface area (Å²) < 4.78 is 11.6. The van der Waals surface area contributed by atoms with Gasteiger partial charge in [0.1, 0.15) is 12.2 Å². The van der Waals surface area contributed by atoms with Crippen molar-refractivity contribution in [2.45, 2.75) is 96.1 Å². The fraction of sp³-hybridized carbons (Fsp3) is 0.952. The van der Waals surface area contributed by atoms with Gasteiger partial charge in [-0.2, -0.15) is 0 Å². The summed E-state index contributed by atoms with van der Waals surface area (Å²) >= 11 is 0. The molecule has 4 nitrogen and oxygen atoms in total. The topological polar surface area (TPSA) is 59.1 Å². The molecule has 1 saturated heterocycles. The first-order chi connectivity index (χ1) is 11.8. The molecular formula is C21H32O4. The molecule has 5 fully saturated rings. The van der Waals surface area contributed by atoms with Gasteiger partial charge in [0.15, 0.2) is 0 Å². The van der Waals surface area contributed by atoms with Gasteiger partial charge in [0.2, 0.25) is 0 Å². The molecule has 0 bridgehead atoms. The second-order valence-electron chi connectivity index (χ2n) is 10.1. The quantitative estimate of drug-likeness (QED) is 0.582. The molecule has 0 aromatic heterocycles. The van der Waals surface area contributed by atoms with E-state index in [1.165, 1.54) is 13.3 Å². The van der Waals surface area contributed by atoms with Gasteiger partial charge >= 0.3 is 5.97 Å². The predicted molar refractivity (Wildman–Crippen MR) is 92.8 cm³/mol. The summed E-state index contributed by atoms with van der Waals surface area (Å²) in [6.45, 7) is 6.25. The van der Waals surface area contributed by atoms with E-state index in [1.807, 2.05) is 0 Å². The van der Waals surface area contributed by atoms with Crippen LogP contribution in [0.4, 0.5) is 0 Å². The molecule has 140 valence electrons. The SMILES string of the molecule is CC(=O)O[C@H]1CC[C@H]2[C@@H]3CC[C@@]4(O)[C@@H]5O[C@@H]5CC[C@]4(C)[C@H]3CC[C@]12C. The maximum absolute atomic E-state index is 11.6. The first kappa shape index (κ1) is 16.6. The Balaban J connectivity index is 1.45. The molecule has 0 aromatic rings. The zero-order valence-electron chi connectivity index (χ0n) is 15.8. The summed E-state index contributed by atoms with van der Waals surface area (Å²) in [6.07, 6.45) is 9.18. The van der Waals surface area contributed by atoms with Gasteiger partial charge in [-0.25, -0.2) is 0 Å². The molecule has 9 atom stereocenters. The molecule has 25 heavy (non-hydrogen) atoms. The Labute approximate surface area is 150 Å². The van der Waals surface area contributed by atoms with Crippen LogP contribution in [0.2, 0.25) is 0 Å². The first-order valence-electron chi connectivity index (χ1n) is 10.3. The molecule has 0 spiro atoms. The molecule has 4 saturated carbocycles. The van der Waals surface area contributed by atoms with Gasteiger partial charge < -0.3 is 14.6 Å². The summed E-state index contributed by atoms with van der Waals surface area (Å²) in [5.74, 6) is 1.75. The molecular weight excluding hydrogens is 316 g/mol. The molecule has 1 aliphatic heterocycles. The average Bonchev–Trinajstić information content (AvgIpc) is 3.28. The molecule has 4 aliphatic carbocycles. The van der Waals surface area contributed by atoms with Crippen LogP contribution in [-0.2, 0) is 14.3 Å². The van der Waals surface area contributed by atoms with E-state index in [1.54, 1.807) is 0 Å². The lowest BCUT2D eigenvalue weighted by Crippen LogP contribution is -2.64. The Kier molecular flexibility index (Phi) is 3.32. The van der Waals surface area contributed by atoms with E-state index >= 15 is 0 Å². The van der Waals surface area contributed by atoms with Gasteiger partial charge in [-0.1, -0.05) is 13.8 Å². The third-order valence-electron chi connectivity index (χ3n) is 9.33. The van der Waals surface area contributed by atoms with Crippen LogP contribution < -0.4 is 0 Å². The summed E-state index contributed by atoms with van der Waals surface area (Å²) in [5, 5.41) is 11.6. The Hall–Kier alpha value is -0.610. The van der Waals surface area contributed by atoms with Crippen molar-refractivity contribution in [1.29, 1.82) is 0 Å². The molecule has 4 heteroatoms. The van der Waals surface area contributed by atoms with Crippen molar-refractivity contribution in [3.05, 3.63) is 0 Å². The maximum atomic E-state index is 11.6. The van der Waals surface area contributed by atoms with Crippen LogP contribution in [-0.4, -0.2) is 35.0 Å². The van der Waals surface area contributed by atoms with E-state index < -0.39 is 5.60 Å². The highest BCUT2D eigenvalue weighted by Crippen LogP contribution is 2.69. The second-order valence-corrected chi connectivity index (χ2v) is 10.1. The number of hydrogen-bond acceptors (Lipinski definition) is 4. The van der Waals surface area contributed by atoms with Gasteiger partial charge in [0.05, 0.1) is 11.7 Å². The third kappa shape index (κ3) is 1.99. The largest absolute Gasteiger partial charge is 0.462 e. The highest BCUT2D eigenvalue weighted by Gasteiger charge is 2.71. The molecule has 0 radical (unpaired) electrons. The fourth-order valence-electron chi connectivity index (χ4n) is 7.91. The van der Waals surface area contributed by atoms with Gasteiger partial charge in [0, 0.05) is 17.8 Å². The van der Waals surface area contributed by atoms with Gasteiger partial charge in [-0.05, 0) is 69.1 Å². The van der Waals surface area contributed by atoms with E-state index in [9.17, 15) is 9.90 Å². The average molecular weight is 348 g/mol. The van der Waals surface area contributed by atoms with E-state index in [-0.39, 0.29) is 29.0 Å². The van der Waals surface area contributed by atoms with Crippen LogP contribution in [0.25, 0.3) is 0 Å². The molecule has 0 aromatic carbocycles. The van der Waals surface area contributed by atoms with Crippen molar-refractivity contribution >= 4 is 5.97 Å². The zero-order valence-corrected chi connectivity index (χ0v) is 15.8. The van der Waals surface area contributed by atoms with E-state index in [0.717, 1.165) is 44.9 Å². The number of fused-ring (bicyclic) bond motifs is 7. The zero-order chi connectivity index (χ0) is 17.6. The standard InChI is InChI=1S/C21H32O4/c1-12(22)24-17-5-4-14-13-6-11-21(23)18-16(25-18)8-10-20(21,3)15(13)7-9-19(14,17)2/h13-18,23H,4-11H2,1-3H3/t13-,14-,15-,16+,17-,18+,19-,20+,21+/m0/s1. The number of epoxide rings is 1. The number of carbonyl (C=O) groups is 1.